The summed E-state index contributed by atoms with van der Waals surface area (Å²) in [6.07, 6.45) is 0. The van der Waals surface area contributed by atoms with Crippen molar-refractivity contribution in [3.05, 3.63) is 5.82 Å². The number of carbonyl (C=O) groups is 2. The average Bonchev–Trinajstić information content (AvgIpc) is 2.68. The number of carbonyl (C=O) groups excluding carboxylic acids is 2. The standard InChI is InChI=1S/C11H18N6O2/c1-10(2)9(19)17(11(3,4)8(18)12-10)6-7-13-15-16(5)14-7/h6H2,1-5H3,(H,12,18). The summed E-state index contributed by atoms with van der Waals surface area (Å²) in [5, 5.41) is 14.4. The molecule has 2 heterocycles. The first-order valence-electron chi connectivity index (χ1n) is 6.02. The monoisotopic (exact) mass is 266 g/mol. The van der Waals surface area contributed by atoms with Crippen molar-refractivity contribution in [1.29, 1.82) is 0 Å². The van der Waals surface area contributed by atoms with Gasteiger partial charge in [0.25, 0.3) is 0 Å². The molecule has 0 aromatic carbocycles. The van der Waals surface area contributed by atoms with Crippen LogP contribution in [0.4, 0.5) is 0 Å². The fourth-order valence-corrected chi connectivity index (χ4v) is 2.00. The molecule has 1 N–H and O–H groups in total. The van der Waals surface area contributed by atoms with Gasteiger partial charge in [0, 0.05) is 0 Å². The number of nitrogens with zero attached hydrogens (tertiary/aromatic N) is 5. The minimum absolute atomic E-state index is 0.162. The summed E-state index contributed by atoms with van der Waals surface area (Å²) in [5.41, 5.74) is -1.86. The smallest absolute Gasteiger partial charge is 0.249 e. The number of tetrazole rings is 1. The minimum Gasteiger partial charge on any atom is -0.340 e. The average molecular weight is 266 g/mol. The summed E-state index contributed by atoms with van der Waals surface area (Å²) in [5.74, 6) is 0.0555. The minimum atomic E-state index is -0.939. The van der Waals surface area contributed by atoms with Gasteiger partial charge < -0.3 is 10.2 Å². The van der Waals surface area contributed by atoms with Crippen LogP contribution in [0.3, 0.4) is 0 Å². The Hall–Kier alpha value is -1.99. The number of aryl methyl sites for hydroxylation is 1. The van der Waals surface area contributed by atoms with E-state index >= 15 is 0 Å². The number of hydrogen-bond acceptors (Lipinski definition) is 5. The van der Waals surface area contributed by atoms with Gasteiger partial charge in [-0.2, -0.15) is 4.80 Å². The van der Waals surface area contributed by atoms with E-state index < -0.39 is 11.1 Å². The van der Waals surface area contributed by atoms with Crippen molar-refractivity contribution in [2.24, 2.45) is 7.05 Å². The van der Waals surface area contributed by atoms with Gasteiger partial charge in [-0.3, -0.25) is 9.59 Å². The van der Waals surface area contributed by atoms with Crippen LogP contribution in [0, 0.1) is 0 Å². The van der Waals surface area contributed by atoms with Crippen LogP contribution < -0.4 is 5.32 Å². The zero-order valence-corrected chi connectivity index (χ0v) is 11.8. The Balaban J connectivity index is 2.33. The molecule has 0 bridgehead atoms. The molecule has 0 saturated carbocycles. The molecule has 0 spiro atoms. The maximum Gasteiger partial charge on any atom is 0.249 e. The van der Waals surface area contributed by atoms with E-state index in [9.17, 15) is 9.59 Å². The van der Waals surface area contributed by atoms with Gasteiger partial charge in [-0.05, 0) is 32.9 Å². The highest BCUT2D eigenvalue weighted by Gasteiger charge is 2.50. The van der Waals surface area contributed by atoms with Crippen molar-refractivity contribution in [2.45, 2.75) is 45.3 Å². The molecule has 19 heavy (non-hydrogen) atoms. The number of aromatic nitrogens is 4. The van der Waals surface area contributed by atoms with Crippen molar-refractivity contribution in [3.63, 3.8) is 0 Å². The van der Waals surface area contributed by atoms with E-state index in [0.29, 0.717) is 5.82 Å². The predicted molar refractivity (Wildman–Crippen MR) is 65.6 cm³/mol. The van der Waals surface area contributed by atoms with Crippen molar-refractivity contribution in [3.8, 4) is 0 Å². The SMILES string of the molecule is Cn1nnc(CN2C(=O)C(C)(C)NC(=O)C2(C)C)n1. The lowest BCUT2D eigenvalue weighted by molar-refractivity contribution is -0.160. The third kappa shape index (κ3) is 2.18. The zero-order valence-electron chi connectivity index (χ0n) is 11.8. The van der Waals surface area contributed by atoms with Crippen LogP contribution in [0.2, 0.25) is 0 Å². The molecule has 8 heteroatoms. The lowest BCUT2D eigenvalue weighted by Gasteiger charge is -2.47. The maximum absolute atomic E-state index is 12.4. The Morgan fingerprint density at radius 3 is 2.37 bits per heavy atom. The number of piperazine rings is 1. The first-order valence-corrected chi connectivity index (χ1v) is 6.02. The first-order chi connectivity index (χ1) is 8.64. The molecule has 1 aliphatic rings. The topological polar surface area (TPSA) is 93.0 Å². The fraction of sp³-hybridized carbons (Fsp3) is 0.727. The molecule has 1 fully saturated rings. The van der Waals surface area contributed by atoms with Crippen LogP contribution in [0.25, 0.3) is 0 Å². The summed E-state index contributed by atoms with van der Waals surface area (Å²) in [6.45, 7) is 6.92. The number of rotatable bonds is 2. The van der Waals surface area contributed by atoms with Gasteiger partial charge in [0.2, 0.25) is 11.8 Å². The molecule has 0 radical (unpaired) electrons. The van der Waals surface area contributed by atoms with E-state index in [1.54, 1.807) is 34.7 Å². The normalized spacial score (nSPS) is 21.4. The Morgan fingerprint density at radius 2 is 1.84 bits per heavy atom. The van der Waals surface area contributed by atoms with Crippen LogP contribution in [-0.2, 0) is 23.2 Å². The Morgan fingerprint density at radius 1 is 1.21 bits per heavy atom. The fourth-order valence-electron chi connectivity index (χ4n) is 2.00. The van der Waals surface area contributed by atoms with Gasteiger partial charge in [0.05, 0.1) is 13.6 Å². The third-order valence-electron chi connectivity index (χ3n) is 3.29. The van der Waals surface area contributed by atoms with Crippen LogP contribution in [0.1, 0.15) is 33.5 Å². The van der Waals surface area contributed by atoms with Gasteiger partial charge in [0.15, 0.2) is 5.82 Å². The van der Waals surface area contributed by atoms with Crippen LogP contribution in [0.5, 0.6) is 0 Å². The molecular formula is C11H18N6O2. The predicted octanol–water partition coefficient (Wildman–Crippen LogP) is -0.774. The van der Waals surface area contributed by atoms with Crippen molar-refractivity contribution in [1.82, 2.24) is 30.4 Å². The summed E-state index contributed by atoms with van der Waals surface area (Å²) < 4.78 is 0. The van der Waals surface area contributed by atoms with E-state index in [1.807, 2.05) is 0 Å². The van der Waals surface area contributed by atoms with Crippen LogP contribution >= 0.6 is 0 Å². The molecule has 1 saturated heterocycles. The summed E-state index contributed by atoms with van der Waals surface area (Å²) in [7, 11) is 1.65. The molecule has 0 atom stereocenters. The van der Waals surface area contributed by atoms with Gasteiger partial charge >= 0.3 is 0 Å². The summed E-state index contributed by atoms with van der Waals surface area (Å²) in [4.78, 5) is 27.4. The van der Waals surface area contributed by atoms with Crippen LogP contribution in [-0.4, -0.2) is 48.0 Å². The Kier molecular flexibility index (Phi) is 2.83. The van der Waals surface area contributed by atoms with E-state index in [4.69, 9.17) is 0 Å². The molecule has 1 aliphatic heterocycles. The van der Waals surface area contributed by atoms with Crippen molar-refractivity contribution in [2.75, 3.05) is 0 Å². The van der Waals surface area contributed by atoms with Crippen LogP contribution in [0.15, 0.2) is 0 Å². The van der Waals surface area contributed by atoms with Crippen molar-refractivity contribution < 1.29 is 9.59 Å². The van der Waals surface area contributed by atoms with E-state index in [1.165, 1.54) is 9.70 Å². The van der Waals surface area contributed by atoms with Gasteiger partial charge in [-0.1, -0.05) is 0 Å². The van der Waals surface area contributed by atoms with Gasteiger partial charge in [-0.25, -0.2) is 0 Å². The van der Waals surface area contributed by atoms with Gasteiger partial charge in [-0.15, -0.1) is 10.2 Å². The second-order valence-electron chi connectivity index (χ2n) is 5.72. The lowest BCUT2D eigenvalue weighted by Crippen LogP contribution is -2.71. The molecule has 0 unspecified atom stereocenters. The Labute approximate surface area is 111 Å². The molecule has 1 aromatic rings. The van der Waals surface area contributed by atoms with E-state index in [2.05, 4.69) is 20.7 Å². The first kappa shape index (κ1) is 13.4. The molecule has 104 valence electrons. The largest absolute Gasteiger partial charge is 0.340 e. The zero-order chi connectivity index (χ0) is 14.4. The molecule has 2 rings (SSSR count). The molecule has 2 amide bonds. The summed E-state index contributed by atoms with van der Waals surface area (Å²) in [6, 6.07) is 0. The number of amides is 2. The Bertz CT molecular complexity index is 533. The summed E-state index contributed by atoms with van der Waals surface area (Å²) >= 11 is 0. The highest BCUT2D eigenvalue weighted by atomic mass is 16.2. The third-order valence-corrected chi connectivity index (χ3v) is 3.29. The van der Waals surface area contributed by atoms with E-state index in [0.717, 1.165) is 0 Å². The second kappa shape index (κ2) is 4.01. The molecular weight excluding hydrogens is 248 g/mol. The highest BCUT2D eigenvalue weighted by Crippen LogP contribution is 2.26. The highest BCUT2D eigenvalue weighted by molar-refractivity contribution is 6.01. The molecule has 1 aromatic heterocycles. The maximum atomic E-state index is 12.4. The second-order valence-corrected chi connectivity index (χ2v) is 5.72. The molecule has 0 aliphatic carbocycles. The molecule has 8 nitrogen and oxygen atoms in total. The van der Waals surface area contributed by atoms with Crippen molar-refractivity contribution >= 4 is 11.8 Å². The van der Waals surface area contributed by atoms with E-state index in [-0.39, 0.29) is 18.4 Å². The number of hydrogen-bond donors (Lipinski definition) is 1. The van der Waals surface area contributed by atoms with Gasteiger partial charge in [0.1, 0.15) is 11.1 Å². The lowest BCUT2D eigenvalue weighted by atomic mass is 9.90. The quantitative estimate of drug-likeness (QED) is 0.758. The number of nitrogens with one attached hydrogen (secondary N) is 1.